The van der Waals surface area contributed by atoms with Gasteiger partial charge in [0.05, 0.1) is 0 Å². The van der Waals surface area contributed by atoms with Crippen LogP contribution in [0.5, 0.6) is 10.9 Å². The molecule has 0 saturated carbocycles. The van der Waals surface area contributed by atoms with Gasteiger partial charge < -0.3 is 9.64 Å². The molecule has 2 aromatic rings. The fourth-order valence-corrected chi connectivity index (χ4v) is 2.81. The van der Waals surface area contributed by atoms with E-state index in [2.05, 4.69) is 4.98 Å². The Kier molecular flexibility index (Phi) is 3.97. The monoisotopic (exact) mass is 288 g/mol. The largest absolute Gasteiger partial charge is 0.431 e. The lowest BCUT2D eigenvalue weighted by atomic mass is 10.1. The molecular formula is C15H16N2O2S. The fourth-order valence-electron chi connectivity index (χ4n) is 2.31. The maximum absolute atomic E-state index is 12.3. The van der Waals surface area contributed by atoms with Crippen LogP contribution in [0, 0.1) is 0 Å². The van der Waals surface area contributed by atoms with E-state index in [1.54, 1.807) is 6.20 Å². The summed E-state index contributed by atoms with van der Waals surface area (Å²) in [6, 6.07) is 7.27. The molecule has 0 spiro atoms. The van der Waals surface area contributed by atoms with Crippen molar-refractivity contribution in [1.82, 2.24) is 9.88 Å². The molecule has 20 heavy (non-hydrogen) atoms. The third-order valence-electron chi connectivity index (χ3n) is 3.36. The van der Waals surface area contributed by atoms with Gasteiger partial charge in [0, 0.05) is 30.2 Å². The zero-order chi connectivity index (χ0) is 13.8. The van der Waals surface area contributed by atoms with Gasteiger partial charge in [-0.25, -0.2) is 4.98 Å². The molecule has 104 valence electrons. The summed E-state index contributed by atoms with van der Waals surface area (Å²) in [5, 5.41) is 2.48. The summed E-state index contributed by atoms with van der Waals surface area (Å²) >= 11 is 1.44. The summed E-state index contributed by atoms with van der Waals surface area (Å²) in [5.74, 6) is 0.820. The van der Waals surface area contributed by atoms with Crippen LogP contribution < -0.4 is 4.74 Å². The topological polar surface area (TPSA) is 42.4 Å². The average Bonchev–Trinajstić information content (AvgIpc) is 3.01. The van der Waals surface area contributed by atoms with Gasteiger partial charge in [-0.2, -0.15) is 0 Å². The number of carbonyl (C=O) groups is 1. The van der Waals surface area contributed by atoms with Gasteiger partial charge in [0.15, 0.2) is 0 Å². The third-order valence-corrected chi connectivity index (χ3v) is 4.01. The Labute approximate surface area is 122 Å². The normalized spacial score (nSPS) is 15.1. The van der Waals surface area contributed by atoms with Crippen molar-refractivity contribution in [2.75, 3.05) is 13.1 Å². The molecule has 5 heteroatoms. The number of piperidine rings is 1. The molecule has 0 aliphatic carbocycles. The first-order valence-corrected chi connectivity index (χ1v) is 7.67. The highest BCUT2D eigenvalue weighted by molar-refractivity contribution is 7.11. The van der Waals surface area contributed by atoms with Crippen molar-refractivity contribution in [3.63, 3.8) is 0 Å². The van der Waals surface area contributed by atoms with E-state index in [-0.39, 0.29) is 5.91 Å². The van der Waals surface area contributed by atoms with Crippen molar-refractivity contribution in [3.8, 4) is 10.9 Å². The average molecular weight is 288 g/mol. The maximum atomic E-state index is 12.3. The Balaban J connectivity index is 1.67. The highest BCUT2D eigenvalue weighted by atomic mass is 32.1. The van der Waals surface area contributed by atoms with Crippen LogP contribution in [0.4, 0.5) is 0 Å². The fraction of sp³-hybridized carbons (Fsp3) is 0.333. The van der Waals surface area contributed by atoms with Gasteiger partial charge in [0.25, 0.3) is 11.1 Å². The van der Waals surface area contributed by atoms with E-state index < -0.39 is 0 Å². The molecule has 4 nitrogen and oxygen atoms in total. The molecule has 1 aliphatic heterocycles. The van der Waals surface area contributed by atoms with Crippen molar-refractivity contribution in [3.05, 3.63) is 41.4 Å². The number of rotatable bonds is 3. The Morgan fingerprint density at radius 1 is 1.15 bits per heavy atom. The number of likely N-dealkylation sites (tertiary alicyclic amines) is 1. The number of amides is 1. The number of benzene rings is 1. The Morgan fingerprint density at radius 3 is 2.55 bits per heavy atom. The molecule has 1 saturated heterocycles. The van der Waals surface area contributed by atoms with Crippen molar-refractivity contribution in [2.24, 2.45) is 0 Å². The minimum absolute atomic E-state index is 0.116. The van der Waals surface area contributed by atoms with Crippen LogP contribution in [-0.4, -0.2) is 28.9 Å². The molecule has 0 N–H and O–H groups in total. The lowest BCUT2D eigenvalue weighted by Gasteiger charge is -2.26. The lowest BCUT2D eigenvalue weighted by molar-refractivity contribution is 0.0724. The molecule has 0 unspecified atom stereocenters. The standard InChI is InChI=1S/C15H16N2O2S/c18-14(17-9-2-1-3-10-17)12-4-6-13(7-5-12)19-15-16-8-11-20-15/h4-8,11H,1-3,9-10H2. The molecule has 0 atom stereocenters. The predicted octanol–water partition coefficient (Wildman–Crippen LogP) is 3.56. The van der Waals surface area contributed by atoms with Crippen molar-refractivity contribution in [1.29, 1.82) is 0 Å². The second-order valence-electron chi connectivity index (χ2n) is 4.78. The number of ether oxygens (including phenoxy) is 1. The summed E-state index contributed by atoms with van der Waals surface area (Å²) in [6.07, 6.45) is 5.15. The molecule has 1 aromatic heterocycles. The quantitative estimate of drug-likeness (QED) is 0.867. The van der Waals surface area contributed by atoms with Gasteiger partial charge in [-0.1, -0.05) is 11.3 Å². The summed E-state index contributed by atoms with van der Waals surface area (Å²) < 4.78 is 5.58. The Bertz CT molecular complexity index is 560. The highest BCUT2D eigenvalue weighted by Crippen LogP contribution is 2.24. The van der Waals surface area contributed by atoms with E-state index in [1.165, 1.54) is 17.8 Å². The lowest BCUT2D eigenvalue weighted by Crippen LogP contribution is -2.35. The first kappa shape index (κ1) is 13.1. The van der Waals surface area contributed by atoms with E-state index in [0.29, 0.717) is 10.9 Å². The number of aromatic nitrogens is 1. The van der Waals surface area contributed by atoms with E-state index in [1.807, 2.05) is 34.5 Å². The number of hydrogen-bond donors (Lipinski definition) is 0. The van der Waals surface area contributed by atoms with Crippen LogP contribution >= 0.6 is 11.3 Å². The molecule has 1 aromatic carbocycles. The highest BCUT2D eigenvalue weighted by Gasteiger charge is 2.17. The van der Waals surface area contributed by atoms with Crippen molar-refractivity contribution >= 4 is 17.2 Å². The SMILES string of the molecule is O=C(c1ccc(Oc2nccs2)cc1)N1CCCCC1. The maximum Gasteiger partial charge on any atom is 0.278 e. The summed E-state index contributed by atoms with van der Waals surface area (Å²) in [7, 11) is 0. The summed E-state index contributed by atoms with van der Waals surface area (Å²) in [4.78, 5) is 18.3. The van der Waals surface area contributed by atoms with Gasteiger partial charge in [-0.3, -0.25) is 4.79 Å². The minimum atomic E-state index is 0.116. The van der Waals surface area contributed by atoms with Crippen LogP contribution in [0.3, 0.4) is 0 Å². The Hall–Kier alpha value is -1.88. The minimum Gasteiger partial charge on any atom is -0.431 e. The van der Waals surface area contributed by atoms with Gasteiger partial charge in [0.1, 0.15) is 5.75 Å². The van der Waals surface area contributed by atoms with E-state index in [9.17, 15) is 4.79 Å². The van der Waals surface area contributed by atoms with Crippen LogP contribution in [-0.2, 0) is 0 Å². The number of carbonyl (C=O) groups excluding carboxylic acids is 1. The van der Waals surface area contributed by atoms with Crippen LogP contribution in [0.2, 0.25) is 0 Å². The zero-order valence-corrected chi connectivity index (χ0v) is 11.9. The molecule has 1 aliphatic rings. The van der Waals surface area contributed by atoms with Crippen LogP contribution in [0.1, 0.15) is 29.6 Å². The van der Waals surface area contributed by atoms with Crippen LogP contribution in [0.25, 0.3) is 0 Å². The van der Waals surface area contributed by atoms with Crippen molar-refractivity contribution in [2.45, 2.75) is 19.3 Å². The molecule has 1 fully saturated rings. The van der Waals surface area contributed by atoms with Crippen LogP contribution in [0.15, 0.2) is 35.8 Å². The van der Waals surface area contributed by atoms with Gasteiger partial charge >= 0.3 is 0 Å². The molecular weight excluding hydrogens is 272 g/mol. The van der Waals surface area contributed by atoms with E-state index >= 15 is 0 Å². The zero-order valence-electron chi connectivity index (χ0n) is 11.1. The molecule has 3 rings (SSSR count). The van der Waals surface area contributed by atoms with Crippen molar-refractivity contribution < 1.29 is 9.53 Å². The summed E-state index contributed by atoms with van der Waals surface area (Å²) in [6.45, 7) is 1.74. The predicted molar refractivity (Wildman–Crippen MR) is 78.4 cm³/mol. The van der Waals surface area contributed by atoms with Gasteiger partial charge in [0.2, 0.25) is 0 Å². The second-order valence-corrected chi connectivity index (χ2v) is 5.63. The van der Waals surface area contributed by atoms with Gasteiger partial charge in [-0.15, -0.1) is 0 Å². The molecule has 2 heterocycles. The summed E-state index contributed by atoms with van der Waals surface area (Å²) in [5.41, 5.74) is 0.721. The Morgan fingerprint density at radius 2 is 1.90 bits per heavy atom. The van der Waals surface area contributed by atoms with E-state index in [4.69, 9.17) is 4.74 Å². The number of thiazole rings is 1. The number of hydrogen-bond acceptors (Lipinski definition) is 4. The van der Waals surface area contributed by atoms with Gasteiger partial charge in [-0.05, 0) is 43.5 Å². The first-order chi connectivity index (χ1) is 9.83. The molecule has 0 bridgehead atoms. The first-order valence-electron chi connectivity index (χ1n) is 6.79. The molecule has 0 radical (unpaired) electrons. The second kappa shape index (κ2) is 6.05. The smallest absolute Gasteiger partial charge is 0.278 e. The third kappa shape index (κ3) is 2.99. The van der Waals surface area contributed by atoms with E-state index in [0.717, 1.165) is 31.5 Å². The molecule has 1 amide bonds. The number of nitrogens with zero attached hydrogens (tertiary/aromatic N) is 2.